The molecule has 0 amide bonds. The summed E-state index contributed by atoms with van der Waals surface area (Å²) >= 11 is 0. The first-order chi connectivity index (χ1) is 8.66. The van der Waals surface area contributed by atoms with E-state index in [9.17, 15) is 0 Å². The molecule has 0 bridgehead atoms. The van der Waals surface area contributed by atoms with Gasteiger partial charge in [-0.05, 0) is 0 Å². The Kier molecular flexibility index (Phi) is 95.1. The number of rotatable bonds is 0. The van der Waals surface area contributed by atoms with E-state index in [0.29, 0.717) is 0 Å². The van der Waals surface area contributed by atoms with E-state index in [0.717, 1.165) is 0 Å². The molecule has 0 fully saturated rings. The summed E-state index contributed by atoms with van der Waals surface area (Å²) in [6.45, 7) is 0. The van der Waals surface area contributed by atoms with E-state index < -0.39 is 36.6 Å². The summed E-state index contributed by atoms with van der Waals surface area (Å²) in [6, 6.07) is 0. The molecule has 0 N–H and O–H groups in total. The fraction of sp³-hybridized carbons (Fsp3) is 0. The third kappa shape index (κ3) is 3050. The van der Waals surface area contributed by atoms with Gasteiger partial charge in [0.25, 0.3) is 0 Å². The predicted molar refractivity (Wildman–Crippen MR) is 28.8 cm³/mol. The Morgan fingerprint density at radius 3 is 0.217 bits per heavy atom. The van der Waals surface area contributed by atoms with Crippen LogP contribution in [0.5, 0.6) is 0 Å². The molecule has 0 aromatic carbocycles. The number of hydrogen-bond donors (Lipinski definition) is 0. The van der Waals surface area contributed by atoms with Crippen LogP contribution in [-0.4, -0.2) is 36.6 Å². The number of hydrogen-bond acceptors (Lipinski definition) is 15. The maximum Gasteiger partial charge on any atom is 5.00 e. The molecule has 0 unspecified atom stereocenters. The van der Waals surface area contributed by atoms with Crippen LogP contribution in [0.15, 0.2) is 0 Å². The van der Waals surface area contributed by atoms with E-state index in [1.807, 2.05) is 0 Å². The zero-order valence-electron chi connectivity index (χ0n) is 10.4. The monoisotopic (exact) mass is 838 g/mol. The van der Waals surface area contributed by atoms with E-state index in [1.54, 1.807) is 0 Å². The summed E-state index contributed by atoms with van der Waals surface area (Å²) in [5, 5.41) is 126. The Bertz CT molecular complexity index is 87.7. The van der Waals surface area contributed by atoms with Gasteiger partial charge in [-0.15, -0.1) is 0 Å². The van der Waals surface area contributed by atoms with Crippen LogP contribution in [0.1, 0.15) is 0 Å². The van der Waals surface area contributed by atoms with E-state index in [2.05, 4.69) is 0 Å². The molecule has 0 aliphatic carbocycles. The van der Waals surface area contributed by atoms with Gasteiger partial charge in [-0.3, -0.25) is 36.6 Å². The first kappa shape index (κ1) is 49.8. The summed E-state index contributed by atoms with van der Waals surface area (Å²) in [7, 11) is -14.6. The van der Waals surface area contributed by atoms with Crippen molar-refractivity contribution < 1.29 is 143 Å². The molecule has 0 saturated heterocycles. The second-order valence-corrected chi connectivity index (χ2v) is 1.44. The minimum atomic E-state index is -2.92. The van der Waals surface area contributed by atoms with Gasteiger partial charge in [0.15, 0.2) is 0 Å². The van der Waals surface area contributed by atoms with Crippen molar-refractivity contribution in [2.75, 3.05) is 0 Å². The normalized spacial score (nSPS) is 5.87. The zero-order valence-corrected chi connectivity index (χ0v) is 20.0. The molecule has 0 atom stereocenters. The van der Waals surface area contributed by atoms with Crippen molar-refractivity contribution in [1.82, 2.24) is 0 Å². The van der Waals surface area contributed by atoms with E-state index in [4.69, 9.17) is 75.4 Å². The van der Waals surface area contributed by atoms with Crippen LogP contribution < -0.4 is 75.4 Å². The van der Waals surface area contributed by atoms with E-state index >= 15 is 0 Å². The zero-order chi connectivity index (χ0) is 17.9. The summed E-state index contributed by atoms with van der Waals surface area (Å²) in [6.07, 6.45) is 0. The van der Waals surface area contributed by atoms with Crippen LogP contribution in [-0.2, 0) is 67.1 Å². The Balaban J connectivity index is -0.0000000197. The van der Waals surface area contributed by atoms with Gasteiger partial charge in [-0.1, -0.05) is 0 Å². The van der Waals surface area contributed by atoms with Gasteiger partial charge in [0, 0.05) is 0 Å². The Hall–Kier alpha value is 1.95. The topological polar surface area (TPSA) is 346 Å². The molecule has 120 valence electrons. The fourth-order valence-corrected chi connectivity index (χ4v) is 0. The molecule has 23 heteroatoms. The molecule has 15 nitrogen and oxygen atoms in total. The molecule has 0 saturated carbocycles. The fourth-order valence-electron chi connectivity index (χ4n) is 0. The van der Waals surface area contributed by atoms with Gasteiger partial charge >= 0.3 is 67.1 Å². The minimum Gasteiger partial charge on any atom is -0.907 e. The molecular formula is B5O15Ta3. The van der Waals surface area contributed by atoms with Crippen LogP contribution in [0, 0.1) is 0 Å². The van der Waals surface area contributed by atoms with Crippen molar-refractivity contribution in [2.45, 2.75) is 0 Å². The molecular weight excluding hydrogens is 837 g/mol. The summed E-state index contributed by atoms with van der Waals surface area (Å²) in [5.74, 6) is 0. The summed E-state index contributed by atoms with van der Waals surface area (Å²) in [5.41, 5.74) is 0. The van der Waals surface area contributed by atoms with Gasteiger partial charge in [0.05, 0.1) is 0 Å². The molecule has 0 spiro atoms. The van der Waals surface area contributed by atoms with Crippen LogP contribution in [0.3, 0.4) is 0 Å². The second-order valence-electron chi connectivity index (χ2n) is 1.44. The van der Waals surface area contributed by atoms with Crippen LogP contribution in [0.4, 0.5) is 0 Å². The molecule has 23 heavy (non-hydrogen) atoms. The standard InChI is InChI=1S/5BO3.3Ta/c5*2-1(3)4;;;/q5*-3;3*+5. The van der Waals surface area contributed by atoms with Crippen molar-refractivity contribution in [2.24, 2.45) is 0 Å². The van der Waals surface area contributed by atoms with Crippen LogP contribution in [0.25, 0.3) is 0 Å². The van der Waals surface area contributed by atoms with Crippen LogP contribution in [0.2, 0.25) is 0 Å². The van der Waals surface area contributed by atoms with Crippen molar-refractivity contribution in [3.63, 3.8) is 0 Å². The Morgan fingerprint density at radius 2 is 0.217 bits per heavy atom. The molecule has 0 rings (SSSR count). The molecule has 0 aliphatic rings. The maximum atomic E-state index is 8.42. The first-order valence-electron chi connectivity index (χ1n) is 3.54. The van der Waals surface area contributed by atoms with Gasteiger partial charge < -0.3 is 75.4 Å². The SMILES string of the molecule is [O-]B([O-])[O-].[O-]B([O-])[O-].[O-]B([O-])[O-].[O-]B([O-])[O-].[O-]B([O-])[O-].[Ta+5].[Ta+5].[Ta+5]. The van der Waals surface area contributed by atoms with Crippen molar-refractivity contribution >= 4 is 36.6 Å². The van der Waals surface area contributed by atoms with Crippen molar-refractivity contribution in [1.29, 1.82) is 0 Å². The smallest absolute Gasteiger partial charge is 0.907 e. The van der Waals surface area contributed by atoms with E-state index in [-0.39, 0.29) is 67.1 Å². The third-order valence-corrected chi connectivity index (χ3v) is 0. The Labute approximate surface area is 178 Å². The summed E-state index contributed by atoms with van der Waals surface area (Å²) in [4.78, 5) is 0. The van der Waals surface area contributed by atoms with E-state index in [1.165, 1.54) is 0 Å². The average Bonchev–Trinajstić information content (AvgIpc) is 1.94. The van der Waals surface area contributed by atoms with Crippen LogP contribution >= 0.6 is 0 Å². The third-order valence-electron chi connectivity index (χ3n) is 0. The molecule has 0 radical (unpaired) electrons. The second kappa shape index (κ2) is 43.9. The van der Waals surface area contributed by atoms with Gasteiger partial charge in [0.1, 0.15) is 0 Å². The average molecular weight is 837 g/mol. The van der Waals surface area contributed by atoms with Crippen molar-refractivity contribution in [3.8, 4) is 0 Å². The van der Waals surface area contributed by atoms with Gasteiger partial charge in [-0.2, -0.15) is 0 Å². The van der Waals surface area contributed by atoms with Gasteiger partial charge in [0.2, 0.25) is 0 Å². The molecule has 0 aromatic heterocycles. The Morgan fingerprint density at radius 1 is 0.217 bits per heavy atom. The molecule has 0 heterocycles. The molecule has 0 aromatic rings. The minimum absolute atomic E-state index is 0. The predicted octanol–water partition coefficient (Wildman–Crippen LogP) is -19.7. The first-order valence-corrected chi connectivity index (χ1v) is 3.54. The van der Waals surface area contributed by atoms with Gasteiger partial charge in [-0.25, -0.2) is 0 Å². The summed E-state index contributed by atoms with van der Waals surface area (Å²) < 4.78 is 0. The maximum absolute atomic E-state index is 8.42. The molecule has 0 aliphatic heterocycles. The quantitative estimate of drug-likeness (QED) is 0.205. The van der Waals surface area contributed by atoms with Crippen molar-refractivity contribution in [3.05, 3.63) is 0 Å². The largest absolute Gasteiger partial charge is 5.00 e.